The summed E-state index contributed by atoms with van der Waals surface area (Å²) in [5.74, 6) is 0.380. The maximum Gasteiger partial charge on any atom is 0.0661 e. The van der Waals surface area contributed by atoms with E-state index in [0.29, 0.717) is 0 Å². The summed E-state index contributed by atoms with van der Waals surface area (Å²) in [7, 11) is 0. The third-order valence-corrected chi connectivity index (χ3v) is 2.17. The van der Waals surface area contributed by atoms with Gasteiger partial charge in [-0.1, -0.05) is 38.2 Å². The van der Waals surface area contributed by atoms with Gasteiger partial charge in [0.2, 0.25) is 0 Å². The van der Waals surface area contributed by atoms with E-state index < -0.39 is 0 Å². The predicted molar refractivity (Wildman–Crippen MR) is 52.5 cm³/mol. The van der Waals surface area contributed by atoms with Crippen LogP contribution in [-0.4, -0.2) is 0 Å². The molecule has 0 aromatic carbocycles. The molecule has 0 bridgehead atoms. The van der Waals surface area contributed by atoms with Crippen LogP contribution in [0, 0.1) is 23.2 Å². The van der Waals surface area contributed by atoms with Gasteiger partial charge in [-0.05, 0) is 19.3 Å². The van der Waals surface area contributed by atoms with E-state index in [2.05, 4.69) is 19.6 Å². The topological polar surface area (TPSA) is 23.8 Å². The number of hydrogen-bond donors (Lipinski definition) is 0. The van der Waals surface area contributed by atoms with Gasteiger partial charge in [0, 0.05) is 0 Å². The Hall–Kier alpha value is -1.03. The molecule has 2 unspecified atom stereocenters. The third-order valence-electron chi connectivity index (χ3n) is 2.17. The van der Waals surface area contributed by atoms with Crippen molar-refractivity contribution in [1.82, 2.24) is 0 Å². The minimum atomic E-state index is 0.105. The molecule has 0 aliphatic heterocycles. The van der Waals surface area contributed by atoms with Gasteiger partial charge >= 0.3 is 0 Å². The molecule has 0 spiro atoms. The molecule has 0 heterocycles. The van der Waals surface area contributed by atoms with Crippen molar-refractivity contribution < 1.29 is 0 Å². The molecular weight excluding hydrogens is 146 g/mol. The Labute approximate surface area is 75.4 Å². The van der Waals surface area contributed by atoms with Crippen LogP contribution in [0.15, 0.2) is 24.3 Å². The lowest BCUT2D eigenvalue weighted by Crippen LogP contribution is -2.09. The minimum Gasteiger partial charge on any atom is -0.198 e. The summed E-state index contributed by atoms with van der Waals surface area (Å²) in [4.78, 5) is 0. The molecule has 0 aromatic heterocycles. The summed E-state index contributed by atoms with van der Waals surface area (Å²) < 4.78 is 0. The van der Waals surface area contributed by atoms with Crippen molar-refractivity contribution in [1.29, 1.82) is 5.26 Å². The Morgan fingerprint density at radius 2 is 2.25 bits per heavy atom. The fourth-order valence-corrected chi connectivity index (χ4v) is 1.18. The second kappa shape index (κ2) is 5.60. The van der Waals surface area contributed by atoms with Gasteiger partial charge in [-0.3, -0.25) is 0 Å². The van der Waals surface area contributed by atoms with Gasteiger partial charge < -0.3 is 0 Å². The first-order valence-corrected chi connectivity index (χ1v) is 4.38. The summed E-state index contributed by atoms with van der Waals surface area (Å²) in [5, 5.41) is 8.80. The van der Waals surface area contributed by atoms with E-state index in [-0.39, 0.29) is 11.8 Å². The van der Waals surface area contributed by atoms with Gasteiger partial charge in [0.15, 0.2) is 0 Å². The average molecular weight is 163 g/mol. The van der Waals surface area contributed by atoms with Crippen LogP contribution in [0.1, 0.15) is 27.2 Å². The van der Waals surface area contributed by atoms with Crippen LogP contribution in [0.2, 0.25) is 0 Å². The van der Waals surface area contributed by atoms with Gasteiger partial charge in [0.25, 0.3) is 0 Å². The molecule has 0 saturated carbocycles. The first kappa shape index (κ1) is 11.0. The number of hydrogen-bond acceptors (Lipinski definition) is 1. The number of allylic oxidation sites excluding steroid dienone is 3. The lowest BCUT2D eigenvalue weighted by molar-refractivity contribution is 0.494. The van der Waals surface area contributed by atoms with Gasteiger partial charge in [-0.25, -0.2) is 0 Å². The molecule has 2 atom stereocenters. The quantitative estimate of drug-likeness (QED) is 0.583. The molecular formula is C11H17N. The van der Waals surface area contributed by atoms with Crippen LogP contribution in [0.5, 0.6) is 0 Å². The van der Waals surface area contributed by atoms with Crippen LogP contribution in [0.25, 0.3) is 0 Å². The fraction of sp³-hybridized carbons (Fsp3) is 0.545. The van der Waals surface area contributed by atoms with Gasteiger partial charge in [0.1, 0.15) is 0 Å². The Morgan fingerprint density at radius 3 is 2.58 bits per heavy atom. The highest BCUT2D eigenvalue weighted by molar-refractivity contribution is 5.19. The monoisotopic (exact) mass is 163 g/mol. The van der Waals surface area contributed by atoms with Crippen LogP contribution < -0.4 is 0 Å². The number of nitriles is 1. The van der Waals surface area contributed by atoms with Crippen molar-refractivity contribution >= 4 is 0 Å². The second-order valence-corrected chi connectivity index (χ2v) is 3.01. The average Bonchev–Trinajstić information content (AvgIpc) is 2.07. The van der Waals surface area contributed by atoms with E-state index in [1.807, 2.05) is 26.0 Å². The van der Waals surface area contributed by atoms with E-state index in [1.165, 1.54) is 0 Å². The SMILES string of the molecule is C=C(/C=C\C)C(C)C(C#N)CC. The molecule has 12 heavy (non-hydrogen) atoms. The van der Waals surface area contributed by atoms with Gasteiger partial charge in [0.05, 0.1) is 12.0 Å². The van der Waals surface area contributed by atoms with Crippen molar-refractivity contribution in [2.24, 2.45) is 11.8 Å². The molecule has 0 aliphatic carbocycles. The van der Waals surface area contributed by atoms with Crippen molar-refractivity contribution in [3.05, 3.63) is 24.3 Å². The van der Waals surface area contributed by atoms with Crippen molar-refractivity contribution in [3.8, 4) is 6.07 Å². The van der Waals surface area contributed by atoms with Crippen LogP contribution in [-0.2, 0) is 0 Å². The standard InChI is InChI=1S/C11H17N/c1-5-7-9(3)10(4)11(6-2)8-12/h5,7,10-11H,3,6H2,1-2,4H3/b7-5-. The van der Waals surface area contributed by atoms with E-state index in [4.69, 9.17) is 5.26 Å². The predicted octanol–water partition coefficient (Wildman–Crippen LogP) is 3.30. The molecule has 0 fully saturated rings. The Morgan fingerprint density at radius 1 is 1.67 bits per heavy atom. The number of nitrogens with zero attached hydrogens (tertiary/aromatic N) is 1. The maximum absolute atomic E-state index is 8.80. The zero-order valence-electron chi connectivity index (χ0n) is 8.17. The minimum absolute atomic E-state index is 0.105. The molecule has 1 heteroatoms. The van der Waals surface area contributed by atoms with Gasteiger partial charge in [-0.2, -0.15) is 5.26 Å². The zero-order valence-corrected chi connectivity index (χ0v) is 8.17. The van der Waals surface area contributed by atoms with Crippen molar-refractivity contribution in [3.63, 3.8) is 0 Å². The Balaban J connectivity index is 4.27. The highest BCUT2D eigenvalue weighted by atomic mass is 14.3. The van der Waals surface area contributed by atoms with Crippen LogP contribution in [0.3, 0.4) is 0 Å². The highest BCUT2D eigenvalue weighted by Crippen LogP contribution is 2.22. The summed E-state index contributed by atoms with van der Waals surface area (Å²) in [6, 6.07) is 2.30. The molecule has 0 aromatic rings. The highest BCUT2D eigenvalue weighted by Gasteiger charge is 2.15. The zero-order chi connectivity index (χ0) is 9.56. The summed E-state index contributed by atoms with van der Waals surface area (Å²) in [6.45, 7) is 9.98. The summed E-state index contributed by atoms with van der Waals surface area (Å²) >= 11 is 0. The van der Waals surface area contributed by atoms with Crippen molar-refractivity contribution in [2.45, 2.75) is 27.2 Å². The van der Waals surface area contributed by atoms with Crippen LogP contribution in [0.4, 0.5) is 0 Å². The second-order valence-electron chi connectivity index (χ2n) is 3.01. The Kier molecular flexibility index (Phi) is 5.12. The Bertz CT molecular complexity index is 208. The van der Waals surface area contributed by atoms with E-state index >= 15 is 0 Å². The molecule has 0 saturated heterocycles. The molecule has 0 aliphatic rings. The molecule has 1 nitrogen and oxygen atoms in total. The third kappa shape index (κ3) is 2.92. The summed E-state index contributed by atoms with van der Waals surface area (Å²) in [6.07, 6.45) is 4.84. The molecule has 66 valence electrons. The first-order chi connectivity index (χ1) is 5.67. The molecule has 0 radical (unpaired) electrons. The summed E-state index contributed by atoms with van der Waals surface area (Å²) in [5.41, 5.74) is 1.05. The van der Waals surface area contributed by atoms with Crippen molar-refractivity contribution in [2.75, 3.05) is 0 Å². The van der Waals surface area contributed by atoms with E-state index in [9.17, 15) is 0 Å². The van der Waals surface area contributed by atoms with E-state index in [1.54, 1.807) is 0 Å². The maximum atomic E-state index is 8.80. The lowest BCUT2D eigenvalue weighted by atomic mass is 9.87. The number of rotatable bonds is 4. The van der Waals surface area contributed by atoms with Crippen LogP contribution >= 0.6 is 0 Å². The van der Waals surface area contributed by atoms with Gasteiger partial charge in [-0.15, -0.1) is 0 Å². The first-order valence-electron chi connectivity index (χ1n) is 4.38. The van der Waals surface area contributed by atoms with E-state index in [0.717, 1.165) is 12.0 Å². The largest absolute Gasteiger partial charge is 0.198 e. The fourth-order valence-electron chi connectivity index (χ4n) is 1.18. The molecule has 0 rings (SSSR count). The normalized spacial score (nSPS) is 15.5. The molecule has 0 N–H and O–H groups in total. The lowest BCUT2D eigenvalue weighted by Gasteiger charge is -2.15. The smallest absolute Gasteiger partial charge is 0.0661 e. The molecule has 0 amide bonds.